The van der Waals surface area contributed by atoms with E-state index in [-0.39, 0.29) is 28.9 Å². The summed E-state index contributed by atoms with van der Waals surface area (Å²) in [6, 6.07) is 0. The quantitative estimate of drug-likeness (QED) is 0.640. The molecule has 4 nitrogen and oxygen atoms in total. The first kappa shape index (κ1) is 16.7. The summed E-state index contributed by atoms with van der Waals surface area (Å²) in [5, 5.41) is 9.28. The van der Waals surface area contributed by atoms with E-state index in [1.54, 1.807) is 0 Å². The van der Waals surface area contributed by atoms with Crippen LogP contribution in [0.15, 0.2) is 0 Å². The average molecular weight is 287 g/mol. The zero-order valence-electron chi connectivity index (χ0n) is 13.1. The Morgan fingerprint density at radius 3 is 2.26 bits per heavy atom. The minimum atomic E-state index is -1.95. The molecule has 1 radical (unpaired) electrons. The molecule has 0 aromatic rings. The molecule has 5 heteroatoms. The summed E-state index contributed by atoms with van der Waals surface area (Å²) in [6.07, 6.45) is -0.769. The van der Waals surface area contributed by atoms with E-state index >= 15 is 0 Å². The Kier molecular flexibility index (Phi) is 4.86. The number of ether oxygens (including phenoxy) is 1. The Balaban J connectivity index is 2.93. The predicted molar refractivity (Wildman–Crippen MR) is 76.5 cm³/mol. The van der Waals surface area contributed by atoms with Crippen molar-refractivity contribution in [2.24, 2.45) is 11.8 Å². The Hall–Kier alpha value is -0.393. The summed E-state index contributed by atoms with van der Waals surface area (Å²) in [5.41, 5.74) is 0. The molecule has 1 heterocycles. The lowest BCUT2D eigenvalue weighted by Crippen LogP contribution is -2.54. The van der Waals surface area contributed by atoms with Crippen molar-refractivity contribution >= 4 is 14.3 Å². The lowest BCUT2D eigenvalue weighted by molar-refractivity contribution is -0.175. The number of rotatable bonds is 3. The number of hydrogen-bond donors (Lipinski definition) is 1. The monoisotopic (exact) mass is 287 g/mol. The second kappa shape index (κ2) is 5.54. The van der Waals surface area contributed by atoms with Crippen LogP contribution >= 0.6 is 0 Å². The largest absolute Gasteiger partial charge is 0.459 e. The molecule has 111 valence electrons. The molecule has 0 saturated carbocycles. The normalized spacial score (nSPS) is 33.2. The number of hydrogen-bond acceptors (Lipinski definition) is 4. The fourth-order valence-electron chi connectivity index (χ4n) is 2.02. The summed E-state index contributed by atoms with van der Waals surface area (Å²) < 4.78 is 11.6. The van der Waals surface area contributed by atoms with Crippen LogP contribution in [0.5, 0.6) is 0 Å². The van der Waals surface area contributed by atoms with Crippen LogP contribution in [-0.4, -0.2) is 31.6 Å². The van der Waals surface area contributed by atoms with Crippen molar-refractivity contribution in [2.75, 3.05) is 0 Å². The molecular formula is C14H27O4Si. The maximum atomic E-state index is 11.8. The molecule has 0 aromatic heterocycles. The van der Waals surface area contributed by atoms with Crippen molar-refractivity contribution in [3.63, 3.8) is 0 Å². The van der Waals surface area contributed by atoms with E-state index in [0.29, 0.717) is 0 Å². The number of aliphatic hydroxyl groups excluding tert-OH is 1. The number of carbonyl (C=O) groups excluding carboxylic acids is 1. The smallest absolute Gasteiger partial charge is 0.311 e. The van der Waals surface area contributed by atoms with Crippen LogP contribution < -0.4 is 0 Å². The molecular weight excluding hydrogens is 260 g/mol. The zero-order chi connectivity index (χ0) is 15.0. The second-order valence-electron chi connectivity index (χ2n) is 7.04. The van der Waals surface area contributed by atoms with Crippen LogP contribution in [0.3, 0.4) is 0 Å². The molecule has 1 rings (SSSR count). The van der Waals surface area contributed by atoms with Gasteiger partial charge in [0.2, 0.25) is 0 Å². The minimum Gasteiger partial charge on any atom is -0.459 e. The van der Waals surface area contributed by atoms with E-state index in [4.69, 9.17) is 9.16 Å². The van der Waals surface area contributed by atoms with Crippen LogP contribution in [0.2, 0.25) is 18.1 Å². The summed E-state index contributed by atoms with van der Waals surface area (Å²) in [4.78, 5) is 11.8. The topological polar surface area (TPSA) is 55.8 Å². The van der Waals surface area contributed by atoms with E-state index in [1.807, 2.05) is 13.8 Å². The van der Waals surface area contributed by atoms with Crippen LogP contribution in [0.4, 0.5) is 0 Å². The van der Waals surface area contributed by atoms with Gasteiger partial charge in [0.05, 0.1) is 12.0 Å². The molecule has 0 spiro atoms. The van der Waals surface area contributed by atoms with Gasteiger partial charge in [-0.2, -0.15) is 0 Å². The van der Waals surface area contributed by atoms with Crippen molar-refractivity contribution < 1.29 is 19.1 Å². The highest BCUT2D eigenvalue weighted by Crippen LogP contribution is 2.41. The van der Waals surface area contributed by atoms with Crippen molar-refractivity contribution in [3.05, 3.63) is 6.61 Å². The maximum absolute atomic E-state index is 11.8. The molecule has 0 unspecified atom stereocenters. The molecule has 19 heavy (non-hydrogen) atoms. The van der Waals surface area contributed by atoms with Crippen LogP contribution in [0.1, 0.15) is 34.6 Å². The Morgan fingerprint density at radius 2 is 1.84 bits per heavy atom. The van der Waals surface area contributed by atoms with Crippen LogP contribution in [0, 0.1) is 18.4 Å². The Morgan fingerprint density at radius 1 is 1.32 bits per heavy atom. The van der Waals surface area contributed by atoms with Crippen molar-refractivity contribution in [1.82, 2.24) is 0 Å². The third-order valence-corrected chi connectivity index (χ3v) is 9.01. The molecule has 4 atom stereocenters. The molecule has 1 saturated heterocycles. The number of carbonyl (C=O) groups is 1. The average Bonchev–Trinajstić information content (AvgIpc) is 2.27. The van der Waals surface area contributed by atoms with Gasteiger partial charge in [0.15, 0.2) is 8.32 Å². The highest BCUT2D eigenvalue weighted by Gasteiger charge is 2.47. The summed E-state index contributed by atoms with van der Waals surface area (Å²) in [6.45, 7) is 15.6. The minimum absolute atomic E-state index is 0.0353. The molecule has 1 aliphatic rings. The van der Waals surface area contributed by atoms with Gasteiger partial charge in [0.25, 0.3) is 0 Å². The number of esters is 1. The first-order valence-corrected chi connectivity index (χ1v) is 9.78. The van der Waals surface area contributed by atoms with E-state index < -0.39 is 14.4 Å². The van der Waals surface area contributed by atoms with E-state index in [0.717, 1.165) is 6.61 Å². The summed E-state index contributed by atoms with van der Waals surface area (Å²) in [5.74, 6) is -0.621. The van der Waals surface area contributed by atoms with Gasteiger partial charge in [-0.3, -0.25) is 4.79 Å². The van der Waals surface area contributed by atoms with Gasteiger partial charge in [0.1, 0.15) is 12.7 Å². The first-order valence-electron chi connectivity index (χ1n) is 6.87. The summed E-state index contributed by atoms with van der Waals surface area (Å²) >= 11 is 0. The molecule has 0 aromatic carbocycles. The highest BCUT2D eigenvalue weighted by molar-refractivity contribution is 6.74. The van der Waals surface area contributed by atoms with Crippen molar-refractivity contribution in [1.29, 1.82) is 0 Å². The fourth-order valence-corrected chi connectivity index (χ4v) is 3.47. The van der Waals surface area contributed by atoms with Crippen LogP contribution in [0.25, 0.3) is 0 Å². The first-order chi connectivity index (χ1) is 8.51. The molecule has 0 bridgehead atoms. The van der Waals surface area contributed by atoms with Crippen LogP contribution in [-0.2, 0) is 14.0 Å². The van der Waals surface area contributed by atoms with Gasteiger partial charge in [0, 0.05) is 5.92 Å². The van der Waals surface area contributed by atoms with E-state index in [9.17, 15) is 9.90 Å². The van der Waals surface area contributed by atoms with Crippen molar-refractivity contribution in [2.45, 2.75) is 65.0 Å². The van der Waals surface area contributed by atoms with Crippen molar-refractivity contribution in [3.8, 4) is 0 Å². The maximum Gasteiger partial charge on any atom is 0.311 e. The lowest BCUT2D eigenvalue weighted by Gasteiger charge is -2.45. The van der Waals surface area contributed by atoms with Gasteiger partial charge in [-0.1, -0.05) is 27.7 Å². The number of aliphatic hydroxyl groups is 1. The van der Waals surface area contributed by atoms with Gasteiger partial charge in [-0.05, 0) is 25.1 Å². The molecule has 1 N–H and O–H groups in total. The van der Waals surface area contributed by atoms with Gasteiger partial charge < -0.3 is 14.3 Å². The number of cyclic esters (lactones) is 1. The fraction of sp³-hybridized carbons (Fsp3) is 0.857. The SMILES string of the molecule is C[C@@H]1[C@H](O[Si](C)(C)C(C)(C)C)[C@@H](C)C(=O)O[C@H]1[CH]O. The third-order valence-electron chi connectivity index (χ3n) is 4.54. The molecule has 0 aliphatic carbocycles. The lowest BCUT2D eigenvalue weighted by atomic mass is 9.87. The Labute approximate surface area is 117 Å². The highest BCUT2D eigenvalue weighted by atomic mass is 28.4. The Bertz CT molecular complexity index is 335. The predicted octanol–water partition coefficient (Wildman–Crippen LogP) is 3.11. The zero-order valence-corrected chi connectivity index (χ0v) is 14.1. The second-order valence-corrected chi connectivity index (χ2v) is 11.8. The van der Waals surface area contributed by atoms with Gasteiger partial charge in [-0.15, -0.1) is 0 Å². The van der Waals surface area contributed by atoms with E-state index in [1.165, 1.54) is 0 Å². The standard InChI is InChI=1S/C14H27O4Si/c1-9-11(8-15)17-13(16)10(2)12(9)18-19(6,7)14(3,4)5/h8-12,15H,1-7H3/t9-,10+,11-,12-/m0/s1. The van der Waals surface area contributed by atoms with E-state index in [2.05, 4.69) is 33.9 Å². The molecule has 0 amide bonds. The molecule has 1 aliphatic heterocycles. The van der Waals surface area contributed by atoms with Gasteiger partial charge >= 0.3 is 5.97 Å². The third kappa shape index (κ3) is 3.38. The summed E-state index contributed by atoms with van der Waals surface area (Å²) in [7, 11) is -1.95. The van der Waals surface area contributed by atoms with Gasteiger partial charge in [-0.25, -0.2) is 0 Å². The molecule has 1 fully saturated rings.